The second kappa shape index (κ2) is 8.98. The fourth-order valence-corrected chi connectivity index (χ4v) is 2.14. The molecule has 0 bridgehead atoms. The zero-order chi connectivity index (χ0) is 15.8. The summed E-state index contributed by atoms with van der Waals surface area (Å²) in [4.78, 5) is 23.3. The third-order valence-electron chi connectivity index (χ3n) is 4.19. The van der Waals surface area contributed by atoms with Crippen molar-refractivity contribution < 1.29 is 14.7 Å². The van der Waals surface area contributed by atoms with E-state index < -0.39 is 11.4 Å². The SMILES string of the molecule is CCCCCCC(C)NC(=O)CC(C)(C(=O)O)C(C)C. The van der Waals surface area contributed by atoms with E-state index in [1.165, 1.54) is 19.3 Å². The normalized spacial score (nSPS) is 15.7. The van der Waals surface area contributed by atoms with Crippen LogP contribution in [-0.4, -0.2) is 23.0 Å². The maximum absolute atomic E-state index is 12.0. The van der Waals surface area contributed by atoms with Crippen LogP contribution >= 0.6 is 0 Å². The van der Waals surface area contributed by atoms with Crippen molar-refractivity contribution in [2.75, 3.05) is 0 Å². The second-order valence-electron chi connectivity index (χ2n) is 6.37. The number of carbonyl (C=O) groups excluding carboxylic acids is 1. The van der Waals surface area contributed by atoms with E-state index in [2.05, 4.69) is 12.2 Å². The van der Waals surface area contributed by atoms with Crippen LogP contribution in [0.3, 0.4) is 0 Å². The number of rotatable bonds is 10. The van der Waals surface area contributed by atoms with Gasteiger partial charge in [-0.1, -0.05) is 46.5 Å². The molecule has 2 unspecified atom stereocenters. The minimum Gasteiger partial charge on any atom is -0.481 e. The van der Waals surface area contributed by atoms with Crippen molar-refractivity contribution in [3.63, 3.8) is 0 Å². The van der Waals surface area contributed by atoms with Crippen molar-refractivity contribution in [1.29, 1.82) is 0 Å². The van der Waals surface area contributed by atoms with Gasteiger partial charge in [-0.05, 0) is 26.2 Å². The molecule has 0 saturated heterocycles. The molecule has 118 valence electrons. The molecular weight excluding hydrogens is 254 g/mol. The highest BCUT2D eigenvalue weighted by Gasteiger charge is 2.38. The van der Waals surface area contributed by atoms with Crippen LogP contribution < -0.4 is 5.32 Å². The van der Waals surface area contributed by atoms with Gasteiger partial charge in [-0.15, -0.1) is 0 Å². The Bertz CT molecular complexity index is 315. The Morgan fingerprint density at radius 2 is 1.75 bits per heavy atom. The van der Waals surface area contributed by atoms with E-state index in [0.717, 1.165) is 12.8 Å². The molecule has 20 heavy (non-hydrogen) atoms. The van der Waals surface area contributed by atoms with E-state index in [-0.39, 0.29) is 24.3 Å². The standard InChI is InChI=1S/C16H31NO3/c1-6-7-8-9-10-13(4)17-14(18)11-16(5,12(2)3)15(19)20/h12-13H,6-11H2,1-5H3,(H,17,18)(H,19,20). The lowest BCUT2D eigenvalue weighted by atomic mass is 9.76. The summed E-state index contributed by atoms with van der Waals surface area (Å²) >= 11 is 0. The monoisotopic (exact) mass is 285 g/mol. The summed E-state index contributed by atoms with van der Waals surface area (Å²) in [5.41, 5.74) is -0.994. The van der Waals surface area contributed by atoms with Gasteiger partial charge in [-0.2, -0.15) is 0 Å². The fourth-order valence-electron chi connectivity index (χ4n) is 2.14. The van der Waals surface area contributed by atoms with Gasteiger partial charge in [-0.3, -0.25) is 9.59 Å². The predicted octanol–water partition coefficient (Wildman–Crippen LogP) is 3.60. The molecule has 0 aromatic heterocycles. The molecule has 0 aromatic rings. The van der Waals surface area contributed by atoms with Gasteiger partial charge in [0, 0.05) is 12.5 Å². The van der Waals surface area contributed by atoms with Crippen LogP contribution in [0.4, 0.5) is 0 Å². The molecule has 0 aromatic carbocycles. The molecule has 0 aliphatic heterocycles. The molecule has 0 fully saturated rings. The molecule has 0 heterocycles. The van der Waals surface area contributed by atoms with E-state index in [1.807, 2.05) is 20.8 Å². The average molecular weight is 285 g/mol. The minimum atomic E-state index is -0.994. The number of hydrogen-bond donors (Lipinski definition) is 2. The van der Waals surface area contributed by atoms with Crippen molar-refractivity contribution in [1.82, 2.24) is 5.32 Å². The predicted molar refractivity (Wildman–Crippen MR) is 81.6 cm³/mol. The Morgan fingerprint density at radius 3 is 2.20 bits per heavy atom. The van der Waals surface area contributed by atoms with Crippen LogP contribution in [0.5, 0.6) is 0 Å². The first-order chi connectivity index (χ1) is 9.24. The summed E-state index contributed by atoms with van der Waals surface area (Å²) < 4.78 is 0. The van der Waals surface area contributed by atoms with Crippen molar-refractivity contribution in [3.8, 4) is 0 Å². The van der Waals surface area contributed by atoms with Crippen molar-refractivity contribution in [2.24, 2.45) is 11.3 Å². The van der Waals surface area contributed by atoms with Gasteiger partial charge < -0.3 is 10.4 Å². The zero-order valence-electron chi connectivity index (χ0n) is 13.7. The van der Waals surface area contributed by atoms with Gasteiger partial charge in [0.15, 0.2) is 0 Å². The number of carboxylic acid groups (broad SMARTS) is 1. The third-order valence-corrected chi connectivity index (χ3v) is 4.19. The lowest BCUT2D eigenvalue weighted by molar-refractivity contribution is -0.153. The van der Waals surface area contributed by atoms with Crippen LogP contribution in [0, 0.1) is 11.3 Å². The fraction of sp³-hybridized carbons (Fsp3) is 0.875. The van der Waals surface area contributed by atoms with E-state index in [9.17, 15) is 14.7 Å². The number of nitrogens with one attached hydrogen (secondary N) is 1. The highest BCUT2D eigenvalue weighted by atomic mass is 16.4. The van der Waals surface area contributed by atoms with Crippen LogP contribution in [0.1, 0.15) is 73.1 Å². The summed E-state index contributed by atoms with van der Waals surface area (Å²) in [6, 6.07) is 0.115. The molecule has 1 amide bonds. The summed E-state index contributed by atoms with van der Waals surface area (Å²) in [7, 11) is 0. The average Bonchev–Trinajstić information content (AvgIpc) is 2.33. The smallest absolute Gasteiger partial charge is 0.310 e. The Labute approximate surface area is 123 Å². The largest absolute Gasteiger partial charge is 0.481 e. The number of amides is 1. The summed E-state index contributed by atoms with van der Waals surface area (Å²) in [5.74, 6) is -1.14. The van der Waals surface area contributed by atoms with Gasteiger partial charge in [0.1, 0.15) is 0 Å². The molecule has 4 heteroatoms. The maximum Gasteiger partial charge on any atom is 0.310 e. The van der Waals surface area contributed by atoms with Gasteiger partial charge in [0.05, 0.1) is 5.41 Å². The van der Waals surface area contributed by atoms with E-state index in [4.69, 9.17) is 0 Å². The van der Waals surface area contributed by atoms with Gasteiger partial charge in [-0.25, -0.2) is 0 Å². The molecular formula is C16H31NO3. The molecule has 2 atom stereocenters. The summed E-state index contributed by atoms with van der Waals surface area (Å²) in [5, 5.41) is 12.2. The number of hydrogen-bond acceptors (Lipinski definition) is 2. The van der Waals surface area contributed by atoms with Crippen LogP contribution in [0.25, 0.3) is 0 Å². The highest BCUT2D eigenvalue weighted by molar-refractivity contribution is 5.85. The first-order valence-corrected chi connectivity index (χ1v) is 7.76. The molecule has 0 rings (SSSR count). The first kappa shape index (κ1) is 18.9. The number of carbonyl (C=O) groups is 2. The Balaban J connectivity index is 4.23. The topological polar surface area (TPSA) is 66.4 Å². The molecule has 0 aliphatic rings. The quantitative estimate of drug-likeness (QED) is 0.603. The van der Waals surface area contributed by atoms with E-state index in [1.54, 1.807) is 6.92 Å². The molecule has 0 spiro atoms. The zero-order valence-corrected chi connectivity index (χ0v) is 13.7. The molecule has 4 nitrogen and oxygen atoms in total. The Kier molecular flexibility index (Phi) is 8.51. The second-order valence-corrected chi connectivity index (χ2v) is 6.37. The van der Waals surface area contributed by atoms with Crippen LogP contribution in [-0.2, 0) is 9.59 Å². The van der Waals surface area contributed by atoms with Gasteiger partial charge in [0.2, 0.25) is 5.91 Å². The van der Waals surface area contributed by atoms with Gasteiger partial charge in [0.25, 0.3) is 0 Å². The molecule has 2 N–H and O–H groups in total. The number of unbranched alkanes of at least 4 members (excludes halogenated alkanes) is 3. The van der Waals surface area contributed by atoms with E-state index >= 15 is 0 Å². The molecule has 0 aliphatic carbocycles. The van der Waals surface area contributed by atoms with Crippen molar-refractivity contribution >= 4 is 11.9 Å². The Morgan fingerprint density at radius 1 is 1.15 bits per heavy atom. The van der Waals surface area contributed by atoms with Gasteiger partial charge >= 0.3 is 5.97 Å². The summed E-state index contributed by atoms with van der Waals surface area (Å²) in [6.07, 6.45) is 5.72. The van der Waals surface area contributed by atoms with Crippen molar-refractivity contribution in [2.45, 2.75) is 79.2 Å². The first-order valence-electron chi connectivity index (χ1n) is 7.76. The lowest BCUT2D eigenvalue weighted by Gasteiger charge is -2.29. The van der Waals surface area contributed by atoms with Crippen molar-refractivity contribution in [3.05, 3.63) is 0 Å². The van der Waals surface area contributed by atoms with E-state index in [0.29, 0.717) is 0 Å². The lowest BCUT2D eigenvalue weighted by Crippen LogP contribution is -2.41. The highest BCUT2D eigenvalue weighted by Crippen LogP contribution is 2.31. The number of carboxylic acids is 1. The summed E-state index contributed by atoms with van der Waals surface area (Å²) in [6.45, 7) is 9.48. The maximum atomic E-state index is 12.0. The van der Waals surface area contributed by atoms with Crippen LogP contribution in [0.2, 0.25) is 0 Å². The number of aliphatic carboxylic acids is 1. The van der Waals surface area contributed by atoms with Crippen LogP contribution in [0.15, 0.2) is 0 Å². The Hall–Kier alpha value is -1.06. The molecule has 0 saturated carbocycles. The molecule has 0 radical (unpaired) electrons. The minimum absolute atomic E-state index is 0.0410. The third kappa shape index (κ3) is 6.40.